The molecule has 1 aromatic rings. The number of hydrogen-bond donors (Lipinski definition) is 6. The molecule has 2 amide bonds. The number of carboxylic acids is 1. The molecule has 0 spiro atoms. The summed E-state index contributed by atoms with van der Waals surface area (Å²) in [4.78, 5) is 47.6. The molecule has 38 heavy (non-hydrogen) atoms. The van der Waals surface area contributed by atoms with Crippen LogP contribution in [0, 0.1) is 11.8 Å². The minimum absolute atomic E-state index is 0.0575. The Labute approximate surface area is 220 Å². The number of carbonyl (C=O) groups excluding carboxylic acids is 3. The van der Waals surface area contributed by atoms with Crippen LogP contribution >= 0.6 is 0 Å². The number of esters is 1. The number of nitrogens with one attached hydrogen (secondary N) is 2. The lowest BCUT2D eigenvalue weighted by Gasteiger charge is -2.38. The average Bonchev–Trinajstić information content (AvgIpc) is 2.83. The zero-order chi connectivity index (χ0) is 28.6. The molecule has 0 unspecified atom stereocenters. The number of benzene rings is 1. The predicted molar refractivity (Wildman–Crippen MR) is 132 cm³/mol. The van der Waals surface area contributed by atoms with Crippen molar-refractivity contribution < 1.29 is 53.8 Å². The Bertz CT molecular complexity index is 998. The predicted octanol–water partition coefficient (Wildman–Crippen LogP) is 0.148. The van der Waals surface area contributed by atoms with Crippen LogP contribution in [0.5, 0.6) is 5.75 Å². The molecule has 1 saturated heterocycles. The normalized spacial score (nSPS) is 23.1. The van der Waals surface area contributed by atoms with Crippen LogP contribution < -0.4 is 15.4 Å². The van der Waals surface area contributed by atoms with Gasteiger partial charge in [0.2, 0.25) is 18.1 Å². The Hall–Kier alpha value is -3.26. The minimum atomic E-state index is -1.90. The third kappa shape index (κ3) is 8.94. The standard InChI is InChI=1S/C25H36N2O11/c1-12(2)9-18(29)26-8-7-17(28)27-15-10-14(11-36-24(35)13(3)4)5-6-16(15)37-25-21(32)19(30)20(31)22(38-25)23(33)34/h5-6,10,12-13,19-22,25,30-32H,7-9,11H2,1-4H3,(H,26,29)(H,27,28)(H,33,34)/t19-,20-,21+,22-,25+/m0/s1. The summed E-state index contributed by atoms with van der Waals surface area (Å²) in [6, 6.07) is 4.34. The van der Waals surface area contributed by atoms with Crippen LogP contribution in [0.2, 0.25) is 0 Å². The van der Waals surface area contributed by atoms with E-state index in [0.29, 0.717) is 12.0 Å². The van der Waals surface area contributed by atoms with Crippen LogP contribution in [-0.2, 0) is 35.3 Å². The first-order valence-corrected chi connectivity index (χ1v) is 12.2. The molecule has 0 saturated carbocycles. The molecular weight excluding hydrogens is 504 g/mol. The van der Waals surface area contributed by atoms with Gasteiger partial charge in [-0.05, 0) is 23.6 Å². The van der Waals surface area contributed by atoms with Crippen molar-refractivity contribution in [3.8, 4) is 5.75 Å². The fraction of sp³-hybridized carbons (Fsp3) is 0.600. The molecule has 1 heterocycles. The van der Waals surface area contributed by atoms with Gasteiger partial charge in [-0.3, -0.25) is 14.4 Å². The number of carboxylic acid groups (broad SMARTS) is 1. The molecule has 1 fully saturated rings. The molecule has 212 valence electrons. The van der Waals surface area contributed by atoms with Gasteiger partial charge in [-0.25, -0.2) is 4.79 Å². The average molecular weight is 541 g/mol. The Morgan fingerprint density at radius 3 is 2.29 bits per heavy atom. The van der Waals surface area contributed by atoms with Gasteiger partial charge in [-0.15, -0.1) is 0 Å². The molecule has 1 aromatic carbocycles. The van der Waals surface area contributed by atoms with E-state index in [1.165, 1.54) is 18.2 Å². The summed E-state index contributed by atoms with van der Waals surface area (Å²) in [5, 5.41) is 44.7. The summed E-state index contributed by atoms with van der Waals surface area (Å²) in [5.74, 6) is -2.95. The zero-order valence-electron chi connectivity index (χ0n) is 21.7. The molecule has 6 N–H and O–H groups in total. The first-order valence-electron chi connectivity index (χ1n) is 12.2. The van der Waals surface area contributed by atoms with Crippen molar-refractivity contribution in [1.82, 2.24) is 5.32 Å². The summed E-state index contributed by atoms with van der Waals surface area (Å²) < 4.78 is 16.0. The van der Waals surface area contributed by atoms with Gasteiger partial charge in [0.1, 0.15) is 30.7 Å². The van der Waals surface area contributed by atoms with Crippen molar-refractivity contribution in [3.63, 3.8) is 0 Å². The van der Waals surface area contributed by atoms with Crippen molar-refractivity contribution in [2.45, 2.75) is 77.8 Å². The number of aliphatic hydroxyl groups excluding tert-OH is 3. The molecule has 5 atom stereocenters. The van der Waals surface area contributed by atoms with E-state index in [1.54, 1.807) is 13.8 Å². The maximum Gasteiger partial charge on any atom is 0.335 e. The van der Waals surface area contributed by atoms with E-state index in [1.807, 2.05) is 13.8 Å². The number of aliphatic carboxylic acids is 1. The van der Waals surface area contributed by atoms with E-state index in [2.05, 4.69) is 10.6 Å². The van der Waals surface area contributed by atoms with Gasteiger partial charge in [0.25, 0.3) is 0 Å². The second-order valence-corrected chi connectivity index (χ2v) is 9.69. The smallest absolute Gasteiger partial charge is 0.335 e. The van der Waals surface area contributed by atoms with Gasteiger partial charge >= 0.3 is 11.9 Å². The third-order valence-electron chi connectivity index (χ3n) is 5.49. The van der Waals surface area contributed by atoms with E-state index >= 15 is 0 Å². The number of rotatable bonds is 12. The van der Waals surface area contributed by atoms with Gasteiger partial charge < -0.3 is 45.3 Å². The summed E-state index contributed by atoms with van der Waals surface area (Å²) in [5.41, 5.74) is 0.556. The molecule has 13 nitrogen and oxygen atoms in total. The van der Waals surface area contributed by atoms with Crippen LogP contribution in [-0.4, -0.2) is 81.4 Å². The number of ether oxygens (including phenoxy) is 3. The molecular formula is C25H36N2O11. The maximum absolute atomic E-state index is 12.6. The van der Waals surface area contributed by atoms with Crippen LogP contribution in [0.4, 0.5) is 5.69 Å². The lowest BCUT2D eigenvalue weighted by Crippen LogP contribution is -2.61. The monoisotopic (exact) mass is 540 g/mol. The Morgan fingerprint density at radius 1 is 1.00 bits per heavy atom. The highest BCUT2D eigenvalue weighted by Gasteiger charge is 2.48. The van der Waals surface area contributed by atoms with Gasteiger partial charge in [0, 0.05) is 19.4 Å². The zero-order valence-corrected chi connectivity index (χ0v) is 21.7. The fourth-order valence-electron chi connectivity index (χ4n) is 3.43. The van der Waals surface area contributed by atoms with Crippen molar-refractivity contribution in [3.05, 3.63) is 23.8 Å². The van der Waals surface area contributed by atoms with Gasteiger partial charge in [0.15, 0.2) is 6.10 Å². The van der Waals surface area contributed by atoms with Crippen LogP contribution in [0.3, 0.4) is 0 Å². The van der Waals surface area contributed by atoms with Gasteiger partial charge in [-0.2, -0.15) is 0 Å². The first-order chi connectivity index (χ1) is 17.8. The Kier molecular flexibility index (Phi) is 11.4. The molecule has 0 radical (unpaired) electrons. The Morgan fingerprint density at radius 2 is 1.68 bits per heavy atom. The van der Waals surface area contributed by atoms with Gasteiger partial charge in [0.05, 0.1) is 11.6 Å². The van der Waals surface area contributed by atoms with E-state index in [9.17, 15) is 39.6 Å². The van der Waals surface area contributed by atoms with Crippen molar-refractivity contribution in [2.24, 2.45) is 11.8 Å². The van der Waals surface area contributed by atoms with Crippen molar-refractivity contribution in [2.75, 3.05) is 11.9 Å². The quantitative estimate of drug-likeness (QED) is 0.197. The topological polar surface area (TPSA) is 201 Å². The third-order valence-corrected chi connectivity index (χ3v) is 5.49. The molecule has 0 aromatic heterocycles. The SMILES string of the molecule is CC(C)CC(=O)NCCC(=O)Nc1cc(COC(=O)C(C)C)ccc1O[C@@H]1O[C@H](C(=O)O)[C@@H](O)[C@H](O)[C@H]1O. The molecule has 2 rings (SSSR count). The lowest BCUT2D eigenvalue weighted by atomic mass is 9.99. The summed E-state index contributed by atoms with van der Waals surface area (Å²) in [6.07, 6.45) is -8.93. The highest BCUT2D eigenvalue weighted by molar-refractivity contribution is 5.92. The highest BCUT2D eigenvalue weighted by atomic mass is 16.7. The maximum atomic E-state index is 12.6. The second kappa shape index (κ2) is 14.0. The van der Waals surface area contributed by atoms with Crippen LogP contribution in [0.1, 0.15) is 46.1 Å². The number of amides is 2. The molecule has 1 aliphatic heterocycles. The summed E-state index contributed by atoms with van der Waals surface area (Å²) >= 11 is 0. The molecule has 0 bridgehead atoms. The van der Waals surface area contributed by atoms with Crippen LogP contribution in [0.25, 0.3) is 0 Å². The molecule has 13 heteroatoms. The number of anilines is 1. The lowest BCUT2D eigenvalue weighted by molar-refractivity contribution is -0.271. The van der Waals surface area contributed by atoms with E-state index < -0.39 is 48.6 Å². The van der Waals surface area contributed by atoms with Crippen molar-refractivity contribution >= 4 is 29.4 Å². The van der Waals surface area contributed by atoms with Crippen LogP contribution in [0.15, 0.2) is 18.2 Å². The molecule has 0 aliphatic carbocycles. The van der Waals surface area contributed by atoms with Crippen molar-refractivity contribution in [1.29, 1.82) is 0 Å². The second-order valence-electron chi connectivity index (χ2n) is 9.69. The molecule has 1 aliphatic rings. The Balaban J connectivity index is 2.20. The number of aliphatic hydroxyl groups is 3. The highest BCUT2D eigenvalue weighted by Crippen LogP contribution is 2.31. The summed E-state index contributed by atoms with van der Waals surface area (Å²) in [6.45, 7) is 7.11. The number of carbonyl (C=O) groups is 4. The fourth-order valence-corrected chi connectivity index (χ4v) is 3.43. The number of hydrogen-bond acceptors (Lipinski definition) is 10. The first kappa shape index (κ1) is 31.0. The van der Waals surface area contributed by atoms with E-state index in [4.69, 9.17) is 14.2 Å². The minimum Gasteiger partial charge on any atom is -0.479 e. The van der Waals surface area contributed by atoms with Gasteiger partial charge in [-0.1, -0.05) is 33.8 Å². The summed E-state index contributed by atoms with van der Waals surface area (Å²) in [7, 11) is 0. The largest absolute Gasteiger partial charge is 0.479 e. The van der Waals surface area contributed by atoms with E-state index in [0.717, 1.165) is 0 Å². The van der Waals surface area contributed by atoms with E-state index in [-0.39, 0.29) is 48.8 Å².